The molecule has 1 saturated heterocycles. The van der Waals surface area contributed by atoms with Gasteiger partial charge in [0.05, 0.1) is 19.1 Å². The summed E-state index contributed by atoms with van der Waals surface area (Å²) in [5.74, 6) is -4.34. The molecule has 52 heavy (non-hydrogen) atoms. The van der Waals surface area contributed by atoms with E-state index < -0.39 is 58.5 Å². The normalized spacial score (nSPS) is 14.0. The summed E-state index contributed by atoms with van der Waals surface area (Å²) in [6.07, 6.45) is 1.27. The molecule has 294 valence electrons. The topological polar surface area (TPSA) is 291 Å². The van der Waals surface area contributed by atoms with E-state index in [0.29, 0.717) is 19.1 Å². The maximum atomic E-state index is 12.1. The van der Waals surface area contributed by atoms with Crippen molar-refractivity contribution in [3.8, 4) is 0 Å². The molecule has 1 amide bonds. The standard InChI is InChI=1S/C15H21NO3.C9H11NO2.C5H12N2.C4H7NO4.CH4O3S/c1-11(2)9-13(15(18)19)16(3)14(17)10-12-7-5-4-6-8-12;10-8(9(11)12)6-7-4-2-1-3-5-7;1-7-4-2-6-3-5-7;5-2(4(8)9)1-3(6)7;1-5(2,3)4/h4-8,11,13H,9-10H2,1-3H3,(H,18,19);1-5,8H,6,10H2,(H,11,12);6H,2-5H2,1H3;2H,1,5H2,(H,6,7)(H,8,9);1H3,(H,2,3,4). The molecule has 1 aliphatic rings. The second-order valence-corrected chi connectivity index (χ2v) is 13.6. The maximum absolute atomic E-state index is 12.1. The fraction of sp³-hybridized carbons (Fsp3) is 0.500. The number of nitrogens with two attached hydrogens (primary N) is 2. The van der Waals surface area contributed by atoms with Gasteiger partial charge in [0.25, 0.3) is 10.1 Å². The van der Waals surface area contributed by atoms with Crippen LogP contribution in [0.3, 0.4) is 0 Å². The Morgan fingerprint density at radius 2 is 1.23 bits per heavy atom. The first-order chi connectivity index (χ1) is 24.0. The number of rotatable bonds is 12. The summed E-state index contributed by atoms with van der Waals surface area (Å²) < 4.78 is 25.9. The highest BCUT2D eigenvalue weighted by Crippen LogP contribution is 2.13. The van der Waals surface area contributed by atoms with Gasteiger partial charge >= 0.3 is 23.9 Å². The molecule has 0 saturated carbocycles. The Bertz CT molecular complexity index is 1430. The van der Waals surface area contributed by atoms with Crippen LogP contribution in [0.1, 0.15) is 37.8 Å². The van der Waals surface area contributed by atoms with Crippen molar-refractivity contribution in [2.45, 2.75) is 57.7 Å². The highest BCUT2D eigenvalue weighted by molar-refractivity contribution is 7.85. The van der Waals surface area contributed by atoms with Crippen molar-refractivity contribution in [3.63, 3.8) is 0 Å². The summed E-state index contributed by atoms with van der Waals surface area (Å²) in [6.45, 7) is 8.64. The molecule has 3 atom stereocenters. The molecule has 0 aromatic heterocycles. The monoisotopic (exact) mass is 757 g/mol. The summed E-state index contributed by atoms with van der Waals surface area (Å²) in [4.78, 5) is 57.0. The van der Waals surface area contributed by atoms with E-state index in [1.807, 2.05) is 74.5 Å². The summed E-state index contributed by atoms with van der Waals surface area (Å²) in [7, 11) is 0.0489. The molecule has 0 radical (unpaired) electrons. The molecule has 17 nitrogen and oxygen atoms in total. The molecular formula is C34H55N5O12S. The Labute approximate surface area is 305 Å². The summed E-state index contributed by atoms with van der Waals surface area (Å²) >= 11 is 0. The van der Waals surface area contributed by atoms with Gasteiger partial charge < -0.3 is 47.0 Å². The smallest absolute Gasteiger partial charge is 0.326 e. The van der Waals surface area contributed by atoms with Gasteiger partial charge in [0.2, 0.25) is 5.91 Å². The van der Waals surface area contributed by atoms with Gasteiger partial charge in [0, 0.05) is 33.2 Å². The highest BCUT2D eigenvalue weighted by Gasteiger charge is 2.27. The van der Waals surface area contributed by atoms with Gasteiger partial charge in [-0.25, -0.2) is 4.79 Å². The SMILES string of the molecule is CC(C)CC(C(=O)O)N(C)C(=O)Cc1ccccc1.CN1CCNCC1.CS(=O)(=O)O.NC(CC(=O)O)C(=O)O.NC(Cc1ccccc1)C(=O)O. The number of amides is 1. The van der Waals surface area contributed by atoms with E-state index in [-0.39, 0.29) is 18.2 Å². The van der Waals surface area contributed by atoms with Gasteiger partial charge in [-0.3, -0.25) is 23.7 Å². The minimum atomic E-state index is -3.67. The van der Waals surface area contributed by atoms with Crippen LogP contribution in [-0.2, 0) is 46.9 Å². The number of aliphatic carboxylic acids is 4. The number of hydrogen-bond donors (Lipinski definition) is 8. The van der Waals surface area contributed by atoms with Gasteiger partial charge in [0.15, 0.2) is 0 Å². The van der Waals surface area contributed by atoms with E-state index >= 15 is 0 Å². The molecular weight excluding hydrogens is 702 g/mol. The summed E-state index contributed by atoms with van der Waals surface area (Å²) in [5.41, 5.74) is 12.0. The lowest BCUT2D eigenvalue weighted by molar-refractivity contribution is -0.149. The van der Waals surface area contributed by atoms with Crippen LogP contribution in [0.4, 0.5) is 0 Å². The lowest BCUT2D eigenvalue weighted by Crippen LogP contribution is -2.43. The molecule has 10 N–H and O–H groups in total. The predicted molar refractivity (Wildman–Crippen MR) is 195 cm³/mol. The van der Waals surface area contributed by atoms with Crippen LogP contribution in [0.25, 0.3) is 0 Å². The van der Waals surface area contributed by atoms with Gasteiger partial charge in [-0.15, -0.1) is 0 Å². The van der Waals surface area contributed by atoms with Crippen molar-refractivity contribution in [2.75, 3.05) is 46.5 Å². The van der Waals surface area contributed by atoms with Crippen molar-refractivity contribution in [3.05, 3.63) is 71.8 Å². The zero-order valence-electron chi connectivity index (χ0n) is 30.3. The van der Waals surface area contributed by atoms with E-state index in [9.17, 15) is 37.5 Å². The van der Waals surface area contributed by atoms with E-state index in [0.717, 1.165) is 24.2 Å². The number of likely N-dealkylation sites (N-methyl/N-ethyl adjacent to an activating group) is 2. The Morgan fingerprint density at radius 1 is 0.808 bits per heavy atom. The number of carbonyl (C=O) groups excluding carboxylic acids is 1. The van der Waals surface area contributed by atoms with E-state index in [4.69, 9.17) is 31.3 Å². The first-order valence-corrected chi connectivity index (χ1v) is 18.0. The fourth-order valence-corrected chi connectivity index (χ4v) is 3.95. The van der Waals surface area contributed by atoms with Crippen LogP contribution in [0.5, 0.6) is 0 Å². The second-order valence-electron chi connectivity index (χ2n) is 12.1. The van der Waals surface area contributed by atoms with Gasteiger partial charge in [0.1, 0.15) is 18.1 Å². The fourth-order valence-electron chi connectivity index (χ4n) is 3.95. The van der Waals surface area contributed by atoms with E-state index in [1.165, 1.54) is 18.0 Å². The number of piperazine rings is 1. The Morgan fingerprint density at radius 3 is 1.54 bits per heavy atom. The number of nitrogens with one attached hydrogen (secondary N) is 1. The van der Waals surface area contributed by atoms with Crippen molar-refractivity contribution in [2.24, 2.45) is 17.4 Å². The Kier molecular flexibility index (Phi) is 26.0. The molecule has 2 aromatic rings. The van der Waals surface area contributed by atoms with Crippen molar-refractivity contribution in [1.82, 2.24) is 15.1 Å². The summed E-state index contributed by atoms with van der Waals surface area (Å²) in [5, 5.41) is 37.0. The quantitative estimate of drug-likeness (QED) is 0.138. The summed E-state index contributed by atoms with van der Waals surface area (Å²) in [6, 6.07) is 15.8. The highest BCUT2D eigenvalue weighted by atomic mass is 32.2. The van der Waals surface area contributed by atoms with Crippen molar-refractivity contribution < 1.29 is 57.4 Å². The number of carboxylic acids is 4. The van der Waals surface area contributed by atoms with Crippen LogP contribution in [0.2, 0.25) is 0 Å². The molecule has 1 aliphatic heterocycles. The molecule has 1 fully saturated rings. The number of hydrogen-bond acceptors (Lipinski definition) is 11. The first-order valence-electron chi connectivity index (χ1n) is 16.1. The van der Waals surface area contributed by atoms with Crippen LogP contribution in [0, 0.1) is 5.92 Å². The van der Waals surface area contributed by atoms with E-state index in [2.05, 4.69) is 17.3 Å². The van der Waals surface area contributed by atoms with Gasteiger partial charge in [-0.05, 0) is 36.9 Å². The van der Waals surface area contributed by atoms with Crippen LogP contribution < -0.4 is 16.8 Å². The first kappa shape index (κ1) is 49.7. The lowest BCUT2D eigenvalue weighted by atomic mass is 10.0. The molecule has 0 aliphatic carbocycles. The number of carboxylic acid groups (broad SMARTS) is 4. The average molecular weight is 758 g/mol. The van der Waals surface area contributed by atoms with Crippen molar-refractivity contribution >= 4 is 39.9 Å². The number of benzene rings is 2. The largest absolute Gasteiger partial charge is 0.481 e. The molecule has 0 spiro atoms. The third kappa shape index (κ3) is 29.3. The van der Waals surface area contributed by atoms with Gasteiger partial charge in [-0.2, -0.15) is 8.42 Å². The lowest BCUT2D eigenvalue weighted by Gasteiger charge is -2.26. The molecule has 3 unspecified atom stereocenters. The Hall–Kier alpha value is -4.46. The van der Waals surface area contributed by atoms with Crippen LogP contribution in [-0.4, -0.2) is 138 Å². The molecule has 18 heteroatoms. The number of nitrogens with zero attached hydrogens (tertiary/aromatic N) is 2. The van der Waals surface area contributed by atoms with Gasteiger partial charge in [-0.1, -0.05) is 74.5 Å². The molecule has 0 bridgehead atoms. The third-order valence-electron chi connectivity index (χ3n) is 6.71. The predicted octanol–water partition coefficient (Wildman–Crippen LogP) is 0.726. The molecule has 3 rings (SSSR count). The molecule has 2 aromatic carbocycles. The zero-order chi connectivity index (χ0) is 40.4. The average Bonchev–Trinajstić information content (AvgIpc) is 3.04. The second kappa shape index (κ2) is 27.2. The minimum Gasteiger partial charge on any atom is -0.481 e. The maximum Gasteiger partial charge on any atom is 0.326 e. The van der Waals surface area contributed by atoms with E-state index in [1.54, 1.807) is 7.05 Å². The van der Waals surface area contributed by atoms with Crippen LogP contribution >= 0.6 is 0 Å². The number of carbonyl (C=O) groups is 5. The Balaban J connectivity index is 0. The third-order valence-corrected chi connectivity index (χ3v) is 6.71. The molecule has 1 heterocycles. The van der Waals surface area contributed by atoms with Crippen LogP contribution in [0.15, 0.2) is 60.7 Å². The van der Waals surface area contributed by atoms with Crippen molar-refractivity contribution in [1.29, 1.82) is 0 Å². The minimum absolute atomic E-state index is 0.167. The zero-order valence-corrected chi connectivity index (χ0v) is 31.1.